The number of hydrogen-bond donors (Lipinski definition) is 1. The van der Waals surface area contributed by atoms with Gasteiger partial charge in [0.15, 0.2) is 0 Å². The van der Waals surface area contributed by atoms with Gasteiger partial charge >= 0.3 is 0 Å². The maximum atomic E-state index is 3.22. The summed E-state index contributed by atoms with van der Waals surface area (Å²) in [4.78, 5) is 0. The molecule has 0 fully saturated rings. The maximum absolute atomic E-state index is 3.22. The predicted octanol–water partition coefficient (Wildman–Crippen LogP) is 3.45. The van der Waals surface area contributed by atoms with Crippen LogP contribution < -0.4 is 5.32 Å². The van der Waals surface area contributed by atoms with E-state index in [4.69, 9.17) is 0 Å². The van der Waals surface area contributed by atoms with Crippen LogP contribution in [-0.4, -0.2) is 18.2 Å². The summed E-state index contributed by atoms with van der Waals surface area (Å²) in [7, 11) is 2.02. The number of para-hydroxylation sites is 1. The highest BCUT2D eigenvalue weighted by Crippen LogP contribution is 2.22. The number of nitrogens with zero attached hydrogens (tertiary/aromatic N) is 1. The zero-order valence-electron chi connectivity index (χ0n) is 11.7. The van der Waals surface area contributed by atoms with Gasteiger partial charge in [-0.05, 0) is 49.9 Å². The average Bonchev–Trinajstić information content (AvgIpc) is 2.68. The lowest BCUT2D eigenvalue weighted by atomic mass is 10.2. The van der Waals surface area contributed by atoms with Crippen molar-refractivity contribution in [3.8, 4) is 0 Å². The number of rotatable bonds is 6. The second kappa shape index (κ2) is 6.05. The molecule has 0 atom stereocenters. The third-order valence-electron chi connectivity index (χ3n) is 3.30. The Bertz CT molecular complexity index is 497. The Morgan fingerprint density at radius 2 is 2.00 bits per heavy atom. The molecule has 0 saturated carbocycles. The highest BCUT2D eigenvalue weighted by Gasteiger charge is 2.09. The lowest BCUT2D eigenvalue weighted by molar-refractivity contribution is 0.518. The Morgan fingerprint density at radius 3 is 2.72 bits per heavy atom. The van der Waals surface area contributed by atoms with E-state index in [1.54, 1.807) is 0 Å². The van der Waals surface area contributed by atoms with E-state index in [-0.39, 0.29) is 0 Å². The standard InChI is InChI=1S/C16H24N2/c1-13(2)12-18-15(8-6-10-17-3)11-14-7-4-5-9-16(14)18/h4-5,7,9,11,13,17H,6,8,10,12H2,1-3H3. The normalized spacial score (nSPS) is 11.6. The Labute approximate surface area is 110 Å². The summed E-state index contributed by atoms with van der Waals surface area (Å²) < 4.78 is 2.50. The summed E-state index contributed by atoms with van der Waals surface area (Å²) in [5.41, 5.74) is 2.85. The molecule has 0 saturated heterocycles. The first-order chi connectivity index (χ1) is 8.72. The molecule has 0 radical (unpaired) electrons. The second-order valence-corrected chi connectivity index (χ2v) is 5.41. The molecule has 0 bridgehead atoms. The monoisotopic (exact) mass is 244 g/mol. The zero-order valence-corrected chi connectivity index (χ0v) is 11.7. The topological polar surface area (TPSA) is 17.0 Å². The van der Waals surface area contributed by atoms with Crippen LogP contribution in [0.2, 0.25) is 0 Å². The van der Waals surface area contributed by atoms with Crippen LogP contribution in [0.15, 0.2) is 30.3 Å². The number of fused-ring (bicyclic) bond motifs is 1. The molecule has 1 aromatic heterocycles. The summed E-state index contributed by atoms with van der Waals surface area (Å²) >= 11 is 0. The van der Waals surface area contributed by atoms with Gasteiger partial charge in [0.1, 0.15) is 0 Å². The Kier molecular flexibility index (Phi) is 4.43. The first kappa shape index (κ1) is 13.2. The zero-order chi connectivity index (χ0) is 13.0. The maximum Gasteiger partial charge on any atom is 0.0482 e. The van der Waals surface area contributed by atoms with Crippen LogP contribution in [0.3, 0.4) is 0 Å². The predicted molar refractivity (Wildman–Crippen MR) is 79.0 cm³/mol. The molecule has 0 aliphatic rings. The van der Waals surface area contributed by atoms with Crippen LogP contribution in [0.1, 0.15) is 26.0 Å². The number of benzene rings is 1. The summed E-state index contributed by atoms with van der Waals surface area (Å²) in [5.74, 6) is 0.684. The molecule has 0 unspecified atom stereocenters. The van der Waals surface area contributed by atoms with Crippen molar-refractivity contribution < 1.29 is 0 Å². The van der Waals surface area contributed by atoms with Gasteiger partial charge in [0, 0.05) is 17.8 Å². The molecule has 98 valence electrons. The van der Waals surface area contributed by atoms with E-state index in [2.05, 4.69) is 54.1 Å². The van der Waals surface area contributed by atoms with E-state index in [0.29, 0.717) is 5.92 Å². The molecule has 18 heavy (non-hydrogen) atoms. The van der Waals surface area contributed by atoms with E-state index < -0.39 is 0 Å². The average molecular weight is 244 g/mol. The van der Waals surface area contributed by atoms with Crippen LogP contribution in [0, 0.1) is 5.92 Å². The van der Waals surface area contributed by atoms with Crippen LogP contribution >= 0.6 is 0 Å². The molecule has 1 heterocycles. The van der Waals surface area contributed by atoms with E-state index in [9.17, 15) is 0 Å². The summed E-state index contributed by atoms with van der Waals surface area (Å²) in [6, 6.07) is 11.1. The van der Waals surface area contributed by atoms with Crippen molar-refractivity contribution in [3.63, 3.8) is 0 Å². The molecule has 0 aliphatic heterocycles. The van der Waals surface area contributed by atoms with Gasteiger partial charge in [-0.3, -0.25) is 0 Å². The smallest absolute Gasteiger partial charge is 0.0482 e. The summed E-state index contributed by atoms with van der Waals surface area (Å²) in [5, 5.41) is 4.60. The second-order valence-electron chi connectivity index (χ2n) is 5.41. The molecule has 2 nitrogen and oxygen atoms in total. The van der Waals surface area contributed by atoms with Crippen LogP contribution in [0.25, 0.3) is 10.9 Å². The van der Waals surface area contributed by atoms with Gasteiger partial charge < -0.3 is 9.88 Å². The van der Waals surface area contributed by atoms with Gasteiger partial charge in [0.05, 0.1) is 0 Å². The van der Waals surface area contributed by atoms with Crippen molar-refractivity contribution in [2.24, 2.45) is 5.92 Å². The molecule has 2 aromatic rings. The number of aromatic nitrogens is 1. The van der Waals surface area contributed by atoms with Gasteiger partial charge in [-0.2, -0.15) is 0 Å². The molecule has 2 rings (SSSR count). The van der Waals surface area contributed by atoms with Crippen molar-refractivity contribution in [3.05, 3.63) is 36.0 Å². The molecule has 0 spiro atoms. The Hall–Kier alpha value is -1.28. The largest absolute Gasteiger partial charge is 0.344 e. The molecule has 1 aromatic carbocycles. The fourth-order valence-corrected chi connectivity index (χ4v) is 2.50. The number of nitrogens with one attached hydrogen (secondary N) is 1. The van der Waals surface area contributed by atoms with Crippen LogP contribution in [-0.2, 0) is 13.0 Å². The quantitative estimate of drug-likeness (QED) is 0.770. The first-order valence-corrected chi connectivity index (χ1v) is 6.94. The minimum atomic E-state index is 0.684. The van der Waals surface area contributed by atoms with Crippen molar-refractivity contribution in [1.29, 1.82) is 0 Å². The lowest BCUT2D eigenvalue weighted by Gasteiger charge is -2.13. The highest BCUT2D eigenvalue weighted by atomic mass is 15.0. The SMILES string of the molecule is CNCCCc1cc2ccccc2n1CC(C)C. The minimum Gasteiger partial charge on any atom is -0.344 e. The van der Waals surface area contributed by atoms with Gasteiger partial charge in [0.2, 0.25) is 0 Å². The Balaban J connectivity index is 2.30. The molecule has 0 aliphatic carbocycles. The molecule has 0 amide bonds. The van der Waals surface area contributed by atoms with Gasteiger partial charge in [-0.25, -0.2) is 0 Å². The number of aryl methyl sites for hydroxylation is 1. The molecular weight excluding hydrogens is 220 g/mol. The summed E-state index contributed by atoms with van der Waals surface area (Å²) in [6.07, 6.45) is 2.35. The van der Waals surface area contributed by atoms with Crippen molar-refractivity contribution in [1.82, 2.24) is 9.88 Å². The molecular formula is C16H24N2. The number of hydrogen-bond acceptors (Lipinski definition) is 1. The fourth-order valence-electron chi connectivity index (χ4n) is 2.50. The first-order valence-electron chi connectivity index (χ1n) is 6.94. The van der Waals surface area contributed by atoms with E-state index in [0.717, 1.165) is 19.5 Å². The third-order valence-corrected chi connectivity index (χ3v) is 3.30. The van der Waals surface area contributed by atoms with E-state index in [1.165, 1.54) is 23.0 Å². The van der Waals surface area contributed by atoms with Crippen LogP contribution in [0.5, 0.6) is 0 Å². The van der Waals surface area contributed by atoms with Gasteiger partial charge in [0.25, 0.3) is 0 Å². The van der Waals surface area contributed by atoms with Crippen LogP contribution in [0.4, 0.5) is 0 Å². The van der Waals surface area contributed by atoms with Gasteiger partial charge in [-0.1, -0.05) is 32.0 Å². The lowest BCUT2D eigenvalue weighted by Crippen LogP contribution is -2.12. The minimum absolute atomic E-state index is 0.684. The van der Waals surface area contributed by atoms with Crippen molar-refractivity contribution >= 4 is 10.9 Å². The van der Waals surface area contributed by atoms with E-state index in [1.807, 2.05) is 7.05 Å². The van der Waals surface area contributed by atoms with Crippen molar-refractivity contribution in [2.45, 2.75) is 33.2 Å². The highest BCUT2D eigenvalue weighted by molar-refractivity contribution is 5.81. The fraction of sp³-hybridized carbons (Fsp3) is 0.500. The summed E-state index contributed by atoms with van der Waals surface area (Å²) in [6.45, 7) is 6.77. The Morgan fingerprint density at radius 1 is 1.22 bits per heavy atom. The third kappa shape index (κ3) is 2.94. The van der Waals surface area contributed by atoms with Crippen molar-refractivity contribution in [2.75, 3.05) is 13.6 Å². The molecule has 1 N–H and O–H groups in total. The molecule has 2 heteroatoms. The van der Waals surface area contributed by atoms with E-state index >= 15 is 0 Å². The van der Waals surface area contributed by atoms with Gasteiger partial charge in [-0.15, -0.1) is 0 Å².